The van der Waals surface area contributed by atoms with Crippen molar-refractivity contribution in [1.82, 2.24) is 18.8 Å². The summed E-state index contributed by atoms with van der Waals surface area (Å²) in [5.41, 5.74) is 6.46. The number of nitrogens with two attached hydrogens (primary N) is 1. The second-order valence-electron chi connectivity index (χ2n) is 4.16. The first kappa shape index (κ1) is 13.5. The van der Waals surface area contributed by atoms with E-state index in [0.717, 1.165) is 5.56 Å². The molecule has 0 aliphatic carbocycles. The second-order valence-corrected chi connectivity index (χ2v) is 6.12. The van der Waals surface area contributed by atoms with Gasteiger partial charge in [-0.2, -0.15) is 4.31 Å². The molecule has 0 atom stereocenters. The number of nitrogens with zero attached hydrogens (tertiary/aromatic N) is 4. The number of hydrogen-bond acceptors (Lipinski definition) is 5. The van der Waals surface area contributed by atoms with Crippen LogP contribution in [0.1, 0.15) is 5.56 Å². The largest absolute Gasteiger partial charge is 0.381 e. The lowest BCUT2D eigenvalue weighted by Crippen LogP contribution is -2.28. The Morgan fingerprint density at radius 3 is 2.53 bits per heavy atom. The van der Waals surface area contributed by atoms with Crippen molar-refractivity contribution in [2.45, 2.75) is 11.6 Å². The van der Waals surface area contributed by atoms with E-state index in [1.54, 1.807) is 31.6 Å². The molecule has 0 amide bonds. The Kier molecular flexibility index (Phi) is 3.54. The van der Waals surface area contributed by atoms with E-state index in [2.05, 4.69) is 9.97 Å². The van der Waals surface area contributed by atoms with E-state index < -0.39 is 10.0 Å². The first-order valence-electron chi connectivity index (χ1n) is 5.55. The average molecular weight is 281 g/mol. The molecule has 7 nitrogen and oxygen atoms in total. The number of hydrogen-bond donors (Lipinski definition) is 1. The predicted octanol–water partition coefficient (Wildman–Crippen LogP) is 0.218. The number of anilines is 1. The lowest BCUT2D eigenvalue weighted by Gasteiger charge is -2.17. The second kappa shape index (κ2) is 4.98. The zero-order valence-corrected chi connectivity index (χ0v) is 11.5. The molecule has 0 fully saturated rings. The van der Waals surface area contributed by atoms with Crippen LogP contribution in [0.25, 0.3) is 0 Å². The van der Waals surface area contributed by atoms with Gasteiger partial charge in [-0.3, -0.25) is 4.98 Å². The Hall–Kier alpha value is -1.93. The fraction of sp³-hybridized carbons (Fsp3) is 0.273. The molecule has 2 aromatic rings. The monoisotopic (exact) mass is 281 g/mol. The summed E-state index contributed by atoms with van der Waals surface area (Å²) in [5, 5.41) is 0.00376. The van der Waals surface area contributed by atoms with Crippen LogP contribution in [0.15, 0.2) is 35.9 Å². The molecular formula is C11H15N5O2S. The Morgan fingerprint density at radius 1 is 1.37 bits per heavy atom. The molecule has 0 saturated heterocycles. The number of aromatic nitrogens is 3. The van der Waals surface area contributed by atoms with Crippen molar-refractivity contribution in [3.8, 4) is 0 Å². The number of rotatable bonds is 4. The topological polar surface area (TPSA) is 94.1 Å². The van der Waals surface area contributed by atoms with Gasteiger partial charge in [0.2, 0.25) is 0 Å². The highest BCUT2D eigenvalue weighted by Crippen LogP contribution is 2.20. The van der Waals surface area contributed by atoms with E-state index in [1.165, 1.54) is 22.2 Å². The molecule has 102 valence electrons. The molecule has 0 radical (unpaired) electrons. The van der Waals surface area contributed by atoms with Gasteiger partial charge >= 0.3 is 0 Å². The van der Waals surface area contributed by atoms with Crippen molar-refractivity contribution in [3.05, 3.63) is 36.4 Å². The van der Waals surface area contributed by atoms with Crippen molar-refractivity contribution >= 4 is 15.8 Å². The number of aryl methyl sites for hydroxylation is 1. The first-order valence-corrected chi connectivity index (χ1v) is 6.99. The Labute approximate surface area is 111 Å². The van der Waals surface area contributed by atoms with Crippen LogP contribution in [0.2, 0.25) is 0 Å². The standard InChI is InChI=1S/C11H15N5O2S/c1-15-8-14-10(12)11(15)19(17,18)16(2)7-9-3-5-13-6-4-9/h3-6,8H,7,12H2,1-2H3. The summed E-state index contributed by atoms with van der Waals surface area (Å²) in [7, 11) is -0.571. The third-order valence-corrected chi connectivity index (χ3v) is 4.65. The molecule has 0 bridgehead atoms. The lowest BCUT2D eigenvalue weighted by molar-refractivity contribution is 0.460. The average Bonchev–Trinajstić information content (AvgIpc) is 2.70. The molecule has 0 spiro atoms. The third-order valence-electron chi connectivity index (χ3n) is 2.72. The molecule has 0 unspecified atom stereocenters. The minimum absolute atomic E-state index is 0.00376. The van der Waals surface area contributed by atoms with Crippen LogP contribution < -0.4 is 5.73 Å². The van der Waals surface area contributed by atoms with Crippen molar-refractivity contribution in [3.63, 3.8) is 0 Å². The molecule has 2 N–H and O–H groups in total. The quantitative estimate of drug-likeness (QED) is 0.865. The van der Waals surface area contributed by atoms with Gasteiger partial charge in [0.15, 0.2) is 10.8 Å². The maximum Gasteiger partial charge on any atom is 0.262 e. The van der Waals surface area contributed by atoms with Crippen molar-refractivity contribution in [1.29, 1.82) is 0 Å². The van der Waals surface area contributed by atoms with Gasteiger partial charge in [0, 0.05) is 33.0 Å². The molecule has 2 aromatic heterocycles. The molecule has 19 heavy (non-hydrogen) atoms. The van der Waals surface area contributed by atoms with Crippen LogP contribution in [0, 0.1) is 0 Å². The summed E-state index contributed by atoms with van der Waals surface area (Å²) in [6.07, 6.45) is 4.62. The minimum Gasteiger partial charge on any atom is -0.381 e. The summed E-state index contributed by atoms with van der Waals surface area (Å²) in [5.74, 6) is 0.00378. The molecule has 0 aliphatic heterocycles. The van der Waals surface area contributed by atoms with Crippen molar-refractivity contribution in [2.24, 2.45) is 7.05 Å². The molecule has 2 heterocycles. The molecular weight excluding hydrogens is 266 g/mol. The maximum absolute atomic E-state index is 12.4. The van der Waals surface area contributed by atoms with Gasteiger partial charge in [-0.05, 0) is 17.7 Å². The molecule has 0 aliphatic rings. The highest BCUT2D eigenvalue weighted by atomic mass is 32.2. The van der Waals surface area contributed by atoms with Crippen LogP contribution in [-0.4, -0.2) is 34.3 Å². The lowest BCUT2D eigenvalue weighted by atomic mass is 10.3. The normalized spacial score (nSPS) is 11.9. The first-order chi connectivity index (χ1) is 8.93. The fourth-order valence-corrected chi connectivity index (χ4v) is 3.07. The minimum atomic E-state index is -3.67. The Balaban J connectivity index is 2.30. The third kappa shape index (κ3) is 2.59. The number of imidazole rings is 1. The Bertz CT molecular complexity index is 646. The molecule has 8 heteroatoms. The van der Waals surface area contributed by atoms with Gasteiger partial charge in [0.1, 0.15) is 0 Å². The van der Waals surface area contributed by atoms with Crippen molar-refractivity contribution < 1.29 is 8.42 Å². The summed E-state index contributed by atoms with van der Waals surface area (Å²) in [6, 6.07) is 3.53. The van der Waals surface area contributed by atoms with E-state index in [4.69, 9.17) is 5.73 Å². The SMILES string of the molecule is CN(Cc1ccncc1)S(=O)(=O)c1c(N)ncn1C. The number of pyridine rings is 1. The van der Waals surface area contributed by atoms with Crippen LogP contribution in [0.5, 0.6) is 0 Å². The van der Waals surface area contributed by atoms with Crippen molar-refractivity contribution in [2.75, 3.05) is 12.8 Å². The van der Waals surface area contributed by atoms with E-state index in [0.29, 0.717) is 0 Å². The Morgan fingerprint density at radius 2 is 2.00 bits per heavy atom. The summed E-state index contributed by atoms with van der Waals surface area (Å²) >= 11 is 0. The summed E-state index contributed by atoms with van der Waals surface area (Å²) in [6.45, 7) is 0.246. The zero-order valence-electron chi connectivity index (χ0n) is 10.7. The van der Waals surface area contributed by atoms with Gasteiger partial charge in [0.25, 0.3) is 10.0 Å². The van der Waals surface area contributed by atoms with E-state index in [-0.39, 0.29) is 17.4 Å². The summed E-state index contributed by atoms with van der Waals surface area (Å²) in [4.78, 5) is 7.69. The highest BCUT2D eigenvalue weighted by Gasteiger charge is 2.27. The number of sulfonamides is 1. The van der Waals surface area contributed by atoms with Gasteiger partial charge in [-0.25, -0.2) is 13.4 Å². The van der Waals surface area contributed by atoms with E-state index in [1.807, 2.05) is 0 Å². The molecule has 0 saturated carbocycles. The van der Waals surface area contributed by atoms with Gasteiger partial charge in [-0.1, -0.05) is 0 Å². The van der Waals surface area contributed by atoms with Gasteiger partial charge < -0.3 is 10.3 Å². The fourth-order valence-electron chi connectivity index (χ4n) is 1.73. The van der Waals surface area contributed by atoms with E-state index >= 15 is 0 Å². The van der Waals surface area contributed by atoms with E-state index in [9.17, 15) is 8.42 Å². The van der Waals surface area contributed by atoms with Crippen LogP contribution in [0.3, 0.4) is 0 Å². The number of nitrogen functional groups attached to an aromatic ring is 1. The van der Waals surface area contributed by atoms with Crippen LogP contribution in [0.4, 0.5) is 5.82 Å². The van der Waals surface area contributed by atoms with Gasteiger partial charge in [-0.15, -0.1) is 0 Å². The van der Waals surface area contributed by atoms with Crippen LogP contribution in [-0.2, 0) is 23.6 Å². The zero-order chi connectivity index (χ0) is 14.0. The molecule has 0 aromatic carbocycles. The highest BCUT2D eigenvalue weighted by molar-refractivity contribution is 7.89. The smallest absolute Gasteiger partial charge is 0.262 e. The molecule has 2 rings (SSSR count). The van der Waals surface area contributed by atoms with Crippen LogP contribution >= 0.6 is 0 Å². The van der Waals surface area contributed by atoms with Gasteiger partial charge in [0.05, 0.1) is 6.33 Å². The summed E-state index contributed by atoms with van der Waals surface area (Å²) < 4.78 is 27.4. The maximum atomic E-state index is 12.4. The predicted molar refractivity (Wildman–Crippen MR) is 70.5 cm³/mol.